The highest BCUT2D eigenvalue weighted by atomic mass is 19.1. The Labute approximate surface area is 167 Å². The number of fused-ring (bicyclic) bond motifs is 2. The molecule has 0 bridgehead atoms. The maximum absolute atomic E-state index is 14.7. The van der Waals surface area contributed by atoms with Gasteiger partial charge in [0.25, 0.3) is 0 Å². The number of nitrogens with one attached hydrogen (secondary N) is 1. The molecule has 3 nitrogen and oxygen atoms in total. The number of nitrogens with zero attached hydrogens (tertiary/aromatic N) is 2. The molecule has 0 spiro atoms. The molecule has 4 rings (SSSR count). The van der Waals surface area contributed by atoms with Crippen LogP contribution in [0.5, 0.6) is 0 Å². The van der Waals surface area contributed by atoms with E-state index in [0.717, 1.165) is 30.8 Å². The van der Waals surface area contributed by atoms with Crippen LogP contribution in [0.4, 0.5) is 10.2 Å². The molecule has 148 valence electrons. The number of hydrogen-bond donors (Lipinski definition) is 1. The van der Waals surface area contributed by atoms with Crippen molar-refractivity contribution in [2.45, 2.75) is 58.3 Å². The second-order valence-corrected chi connectivity index (χ2v) is 8.69. The van der Waals surface area contributed by atoms with Crippen LogP contribution in [0.2, 0.25) is 0 Å². The summed E-state index contributed by atoms with van der Waals surface area (Å²) >= 11 is 0. The third-order valence-corrected chi connectivity index (χ3v) is 5.86. The summed E-state index contributed by atoms with van der Waals surface area (Å²) in [5.41, 5.74) is 5.55. The monoisotopic (exact) mass is 379 g/mol. The summed E-state index contributed by atoms with van der Waals surface area (Å²) in [5.74, 6) is 0.886. The Kier molecular flexibility index (Phi) is 5.00. The molecule has 2 heterocycles. The molecule has 28 heavy (non-hydrogen) atoms. The molecule has 1 N–H and O–H groups in total. The normalized spacial score (nSPS) is 22.2. The van der Waals surface area contributed by atoms with Crippen molar-refractivity contribution in [3.63, 3.8) is 0 Å². The zero-order chi connectivity index (χ0) is 19.9. The van der Waals surface area contributed by atoms with Crippen LogP contribution in [0.15, 0.2) is 48.2 Å². The topological polar surface area (TPSA) is 28.2 Å². The van der Waals surface area contributed by atoms with Gasteiger partial charge in [-0.05, 0) is 74.4 Å². The summed E-state index contributed by atoms with van der Waals surface area (Å²) in [6.07, 6.45) is 3.88. The summed E-state index contributed by atoms with van der Waals surface area (Å²) in [6, 6.07) is 13.2. The van der Waals surface area contributed by atoms with Gasteiger partial charge in [0, 0.05) is 25.3 Å². The standard InChI is InChI=1S/C24H30FN3/c1-5-26-22-11-10-18(14-27-22)23-21-13-17-8-6-7-9-19(17)20(21)12-16(2)28(23)15-24(3,4)25/h6-11,14,16,23H,5,12-13,15H2,1-4H3,(H,26,27)/t16-,23-/m1/s1. The van der Waals surface area contributed by atoms with Crippen molar-refractivity contribution in [1.82, 2.24) is 9.88 Å². The molecule has 2 aromatic rings. The van der Waals surface area contributed by atoms with E-state index in [0.29, 0.717) is 6.54 Å². The highest BCUT2D eigenvalue weighted by Crippen LogP contribution is 2.48. The SMILES string of the molecule is CCNc1ccc([C@@H]2C3=C(C[C@@H](C)N2CC(C)(C)F)c2ccccc2C3)cn1. The fourth-order valence-corrected chi connectivity index (χ4v) is 4.75. The Balaban J connectivity index is 1.78. The van der Waals surface area contributed by atoms with E-state index in [4.69, 9.17) is 0 Å². The molecule has 2 atom stereocenters. The van der Waals surface area contributed by atoms with E-state index in [1.807, 2.05) is 12.3 Å². The van der Waals surface area contributed by atoms with Crippen LogP contribution in [0.25, 0.3) is 5.57 Å². The molecule has 0 amide bonds. The van der Waals surface area contributed by atoms with Crippen molar-refractivity contribution in [1.29, 1.82) is 0 Å². The molecule has 0 saturated heterocycles. The van der Waals surface area contributed by atoms with Crippen LogP contribution >= 0.6 is 0 Å². The molecule has 0 unspecified atom stereocenters. The third-order valence-electron chi connectivity index (χ3n) is 5.86. The van der Waals surface area contributed by atoms with Crippen LogP contribution in [0, 0.1) is 0 Å². The van der Waals surface area contributed by atoms with E-state index in [-0.39, 0.29) is 12.1 Å². The molecular formula is C24H30FN3. The van der Waals surface area contributed by atoms with Gasteiger partial charge in [-0.1, -0.05) is 30.3 Å². The quantitative estimate of drug-likeness (QED) is 0.753. The van der Waals surface area contributed by atoms with Gasteiger partial charge in [0.2, 0.25) is 0 Å². The van der Waals surface area contributed by atoms with Crippen LogP contribution in [0.3, 0.4) is 0 Å². The zero-order valence-corrected chi connectivity index (χ0v) is 17.3. The lowest BCUT2D eigenvalue weighted by atomic mass is 9.85. The van der Waals surface area contributed by atoms with Crippen molar-refractivity contribution in [2.24, 2.45) is 0 Å². The second kappa shape index (κ2) is 7.32. The summed E-state index contributed by atoms with van der Waals surface area (Å²) in [5, 5.41) is 3.26. The predicted octanol–water partition coefficient (Wildman–Crippen LogP) is 5.41. The Morgan fingerprint density at radius 2 is 2.00 bits per heavy atom. The molecule has 1 aromatic heterocycles. The Hall–Kier alpha value is -2.20. The van der Waals surface area contributed by atoms with Gasteiger partial charge < -0.3 is 5.32 Å². The number of hydrogen-bond acceptors (Lipinski definition) is 3. The molecule has 4 heteroatoms. The smallest absolute Gasteiger partial charge is 0.125 e. The fraction of sp³-hybridized carbons (Fsp3) is 0.458. The predicted molar refractivity (Wildman–Crippen MR) is 114 cm³/mol. The fourth-order valence-electron chi connectivity index (χ4n) is 4.75. The summed E-state index contributed by atoms with van der Waals surface area (Å²) in [7, 11) is 0. The first-order chi connectivity index (χ1) is 13.4. The minimum atomic E-state index is -1.24. The number of rotatable bonds is 5. The van der Waals surface area contributed by atoms with E-state index < -0.39 is 5.67 Å². The lowest BCUT2D eigenvalue weighted by molar-refractivity contribution is 0.0701. The molecule has 1 aliphatic carbocycles. The summed E-state index contributed by atoms with van der Waals surface area (Å²) in [4.78, 5) is 6.95. The second-order valence-electron chi connectivity index (χ2n) is 8.69. The van der Waals surface area contributed by atoms with Crippen LogP contribution < -0.4 is 5.32 Å². The minimum absolute atomic E-state index is 0.0735. The van der Waals surface area contributed by atoms with Crippen molar-refractivity contribution in [2.75, 3.05) is 18.4 Å². The first kappa shape index (κ1) is 19.1. The Morgan fingerprint density at radius 3 is 2.68 bits per heavy atom. The molecule has 0 radical (unpaired) electrons. The summed E-state index contributed by atoms with van der Waals surface area (Å²) < 4.78 is 14.7. The Morgan fingerprint density at radius 1 is 1.21 bits per heavy atom. The first-order valence-electron chi connectivity index (χ1n) is 10.3. The van der Waals surface area contributed by atoms with Gasteiger partial charge in [-0.2, -0.15) is 0 Å². The average molecular weight is 380 g/mol. The number of alkyl halides is 1. The highest BCUT2D eigenvalue weighted by molar-refractivity contribution is 5.78. The van der Waals surface area contributed by atoms with Crippen LogP contribution in [-0.2, 0) is 6.42 Å². The number of anilines is 1. The average Bonchev–Trinajstić information content (AvgIpc) is 3.00. The third kappa shape index (κ3) is 3.58. The van der Waals surface area contributed by atoms with Gasteiger partial charge in [0.05, 0.1) is 6.04 Å². The van der Waals surface area contributed by atoms with E-state index >= 15 is 0 Å². The molecular weight excluding hydrogens is 349 g/mol. The maximum Gasteiger partial charge on any atom is 0.125 e. The molecule has 0 fully saturated rings. The number of aromatic nitrogens is 1. The number of benzene rings is 1. The molecule has 1 aliphatic heterocycles. The summed E-state index contributed by atoms with van der Waals surface area (Å²) in [6.45, 7) is 8.91. The van der Waals surface area contributed by atoms with Crippen molar-refractivity contribution >= 4 is 11.4 Å². The van der Waals surface area contributed by atoms with E-state index in [2.05, 4.69) is 59.4 Å². The van der Waals surface area contributed by atoms with Gasteiger partial charge in [0.1, 0.15) is 11.5 Å². The van der Waals surface area contributed by atoms with Crippen molar-refractivity contribution < 1.29 is 4.39 Å². The Bertz CT molecular complexity index is 879. The minimum Gasteiger partial charge on any atom is -0.370 e. The van der Waals surface area contributed by atoms with E-state index in [1.54, 1.807) is 13.8 Å². The lowest BCUT2D eigenvalue weighted by Gasteiger charge is -2.44. The van der Waals surface area contributed by atoms with Gasteiger partial charge in [-0.3, -0.25) is 4.90 Å². The van der Waals surface area contributed by atoms with Gasteiger partial charge >= 0.3 is 0 Å². The number of halogens is 1. The zero-order valence-electron chi connectivity index (χ0n) is 17.3. The lowest BCUT2D eigenvalue weighted by Crippen LogP contribution is -2.46. The van der Waals surface area contributed by atoms with Crippen molar-refractivity contribution in [3.05, 3.63) is 64.9 Å². The molecule has 1 aromatic carbocycles. The largest absolute Gasteiger partial charge is 0.370 e. The van der Waals surface area contributed by atoms with E-state index in [1.165, 1.54) is 22.3 Å². The van der Waals surface area contributed by atoms with Gasteiger partial charge in [-0.15, -0.1) is 0 Å². The maximum atomic E-state index is 14.7. The van der Waals surface area contributed by atoms with Gasteiger partial charge in [0.15, 0.2) is 0 Å². The van der Waals surface area contributed by atoms with Gasteiger partial charge in [-0.25, -0.2) is 9.37 Å². The first-order valence-corrected chi connectivity index (χ1v) is 10.3. The highest BCUT2D eigenvalue weighted by Gasteiger charge is 2.40. The van der Waals surface area contributed by atoms with Crippen molar-refractivity contribution in [3.8, 4) is 0 Å². The van der Waals surface area contributed by atoms with Crippen LogP contribution in [-0.4, -0.2) is 34.7 Å². The number of pyridine rings is 1. The van der Waals surface area contributed by atoms with Crippen LogP contribution in [0.1, 0.15) is 56.8 Å². The molecule has 2 aliphatic rings. The molecule has 0 saturated carbocycles. The van der Waals surface area contributed by atoms with E-state index in [9.17, 15) is 4.39 Å².